The van der Waals surface area contributed by atoms with E-state index >= 15 is 0 Å². The van der Waals surface area contributed by atoms with Gasteiger partial charge < -0.3 is 14.9 Å². The maximum Gasteiger partial charge on any atom is 0.306 e. The standard InChI is InChI=1S/C26H25ClF2O4S/c1-33-23-10-4-18(5-11-23)17-2-6-20(7-3-17)26(28,29)15-19(25(31)32)14-22(30)16-34-24-12-8-21(27)9-13-24/h2-13,19,22,30H,14-16H2,1H3,(H,31,32). The first-order valence-corrected chi connectivity index (χ1v) is 12.0. The summed E-state index contributed by atoms with van der Waals surface area (Å²) in [7, 11) is 1.56. The summed E-state index contributed by atoms with van der Waals surface area (Å²) in [6.45, 7) is 0. The van der Waals surface area contributed by atoms with Crippen molar-refractivity contribution in [3.63, 3.8) is 0 Å². The minimum atomic E-state index is -3.36. The second-order valence-corrected chi connectivity index (χ2v) is 9.43. The molecule has 0 spiro atoms. The Balaban J connectivity index is 1.62. The molecule has 0 aromatic heterocycles. The SMILES string of the molecule is COc1ccc(-c2ccc(C(F)(F)CC(CC(O)CSc3ccc(Cl)cc3)C(=O)O)cc2)cc1. The topological polar surface area (TPSA) is 66.8 Å². The molecule has 8 heteroatoms. The van der Waals surface area contributed by atoms with E-state index in [4.69, 9.17) is 16.3 Å². The number of ether oxygens (including phenoxy) is 1. The maximum absolute atomic E-state index is 15.0. The molecule has 3 rings (SSSR count). The Hall–Kier alpha value is -2.61. The summed E-state index contributed by atoms with van der Waals surface area (Å²) < 4.78 is 35.0. The summed E-state index contributed by atoms with van der Waals surface area (Å²) in [6, 6.07) is 20.0. The first-order valence-electron chi connectivity index (χ1n) is 10.6. The van der Waals surface area contributed by atoms with E-state index in [-0.39, 0.29) is 17.7 Å². The number of halogens is 3. The molecule has 4 nitrogen and oxygen atoms in total. The highest BCUT2D eigenvalue weighted by Gasteiger charge is 2.38. The van der Waals surface area contributed by atoms with E-state index in [1.165, 1.54) is 23.9 Å². The molecular formula is C26H25ClF2O4S. The monoisotopic (exact) mass is 506 g/mol. The number of benzene rings is 3. The molecule has 0 amide bonds. The fraction of sp³-hybridized carbons (Fsp3) is 0.269. The van der Waals surface area contributed by atoms with Crippen LogP contribution in [0.4, 0.5) is 8.78 Å². The maximum atomic E-state index is 15.0. The van der Waals surface area contributed by atoms with Gasteiger partial charge in [-0.2, -0.15) is 0 Å². The van der Waals surface area contributed by atoms with Crippen LogP contribution >= 0.6 is 23.4 Å². The summed E-state index contributed by atoms with van der Waals surface area (Å²) >= 11 is 7.15. The molecule has 2 N–H and O–H groups in total. The average molecular weight is 507 g/mol. The Morgan fingerprint density at radius 3 is 2.09 bits per heavy atom. The Morgan fingerprint density at radius 1 is 1.00 bits per heavy atom. The number of methoxy groups -OCH3 is 1. The van der Waals surface area contributed by atoms with Gasteiger partial charge in [0.1, 0.15) is 5.75 Å². The van der Waals surface area contributed by atoms with Crippen LogP contribution < -0.4 is 4.74 Å². The number of aliphatic hydroxyl groups excluding tert-OH is 1. The molecule has 180 valence electrons. The van der Waals surface area contributed by atoms with E-state index in [2.05, 4.69) is 0 Å². The van der Waals surface area contributed by atoms with E-state index < -0.39 is 30.3 Å². The van der Waals surface area contributed by atoms with Crippen LogP contribution in [0.1, 0.15) is 18.4 Å². The van der Waals surface area contributed by atoms with Crippen LogP contribution in [0.3, 0.4) is 0 Å². The molecule has 0 saturated carbocycles. The van der Waals surface area contributed by atoms with Crippen LogP contribution in [-0.4, -0.2) is 35.1 Å². The van der Waals surface area contributed by atoms with Crippen LogP contribution in [0.25, 0.3) is 11.1 Å². The first kappa shape index (κ1) is 26.0. The largest absolute Gasteiger partial charge is 0.497 e. The number of hydrogen-bond donors (Lipinski definition) is 2. The van der Waals surface area contributed by atoms with E-state index in [0.29, 0.717) is 10.8 Å². The summed E-state index contributed by atoms with van der Waals surface area (Å²) in [4.78, 5) is 12.5. The van der Waals surface area contributed by atoms with E-state index in [9.17, 15) is 23.8 Å². The second kappa shape index (κ2) is 11.7. The van der Waals surface area contributed by atoms with Crippen molar-refractivity contribution < 1.29 is 28.5 Å². The number of aliphatic carboxylic acids is 1. The van der Waals surface area contributed by atoms with Gasteiger partial charge in [-0.25, -0.2) is 8.78 Å². The predicted octanol–water partition coefficient (Wildman–Crippen LogP) is 6.74. The Morgan fingerprint density at radius 2 is 1.56 bits per heavy atom. The Kier molecular flexibility index (Phi) is 8.94. The van der Waals surface area contributed by atoms with Gasteiger partial charge in [0.25, 0.3) is 5.92 Å². The van der Waals surface area contributed by atoms with Crippen LogP contribution in [0.2, 0.25) is 5.02 Å². The Labute approximate surface area is 206 Å². The van der Waals surface area contributed by atoms with Crippen molar-refractivity contribution in [1.29, 1.82) is 0 Å². The van der Waals surface area contributed by atoms with Gasteiger partial charge in [-0.3, -0.25) is 4.79 Å². The third-order valence-electron chi connectivity index (χ3n) is 5.40. The van der Waals surface area contributed by atoms with E-state index in [1.54, 1.807) is 55.6 Å². The molecule has 0 heterocycles. The lowest BCUT2D eigenvalue weighted by atomic mass is 9.91. The average Bonchev–Trinajstić information content (AvgIpc) is 2.83. The molecule has 3 aromatic rings. The fourth-order valence-electron chi connectivity index (χ4n) is 3.51. The lowest BCUT2D eigenvalue weighted by Crippen LogP contribution is -2.28. The van der Waals surface area contributed by atoms with Crippen LogP contribution in [0.5, 0.6) is 5.75 Å². The van der Waals surface area contributed by atoms with E-state index in [0.717, 1.165) is 16.0 Å². The minimum Gasteiger partial charge on any atom is -0.497 e. The van der Waals surface area contributed by atoms with Gasteiger partial charge in [-0.05, 0) is 53.9 Å². The molecular weight excluding hydrogens is 482 g/mol. The zero-order valence-electron chi connectivity index (χ0n) is 18.5. The van der Waals surface area contributed by atoms with Gasteiger partial charge in [-0.1, -0.05) is 48.0 Å². The van der Waals surface area contributed by atoms with Crippen molar-refractivity contribution in [1.82, 2.24) is 0 Å². The summed E-state index contributed by atoms with van der Waals surface area (Å²) in [5, 5.41) is 20.4. The van der Waals surface area contributed by atoms with Crippen molar-refractivity contribution in [2.24, 2.45) is 5.92 Å². The zero-order valence-corrected chi connectivity index (χ0v) is 20.0. The smallest absolute Gasteiger partial charge is 0.306 e. The van der Waals surface area contributed by atoms with Crippen LogP contribution in [0, 0.1) is 5.92 Å². The third kappa shape index (κ3) is 7.19. The van der Waals surface area contributed by atoms with Crippen molar-refractivity contribution in [3.05, 3.63) is 83.4 Å². The van der Waals surface area contributed by atoms with Crippen LogP contribution in [-0.2, 0) is 10.7 Å². The molecule has 0 fully saturated rings. The highest BCUT2D eigenvalue weighted by Crippen LogP contribution is 2.37. The van der Waals surface area contributed by atoms with Gasteiger partial charge in [0, 0.05) is 27.7 Å². The highest BCUT2D eigenvalue weighted by molar-refractivity contribution is 7.99. The summed E-state index contributed by atoms with van der Waals surface area (Å²) in [5.41, 5.74) is 1.34. The van der Waals surface area contributed by atoms with Crippen molar-refractivity contribution in [2.45, 2.75) is 29.8 Å². The molecule has 0 aliphatic rings. The lowest BCUT2D eigenvalue weighted by Gasteiger charge is -2.23. The zero-order chi connectivity index (χ0) is 24.7. The van der Waals surface area contributed by atoms with Crippen molar-refractivity contribution in [2.75, 3.05) is 12.9 Å². The van der Waals surface area contributed by atoms with Crippen molar-refractivity contribution >= 4 is 29.3 Å². The summed E-state index contributed by atoms with van der Waals surface area (Å²) in [5.74, 6) is -5.22. The number of carbonyl (C=O) groups is 1. The highest BCUT2D eigenvalue weighted by atomic mass is 35.5. The predicted molar refractivity (Wildman–Crippen MR) is 131 cm³/mol. The van der Waals surface area contributed by atoms with Crippen LogP contribution in [0.15, 0.2) is 77.7 Å². The number of thioether (sulfide) groups is 1. The molecule has 0 saturated heterocycles. The van der Waals surface area contributed by atoms with Crippen molar-refractivity contribution in [3.8, 4) is 16.9 Å². The normalized spacial score (nSPS) is 13.3. The molecule has 0 aliphatic carbocycles. The molecule has 0 aliphatic heterocycles. The Bertz CT molecular complexity index is 1070. The second-order valence-electron chi connectivity index (χ2n) is 7.90. The number of alkyl halides is 2. The van der Waals surface area contributed by atoms with Gasteiger partial charge in [0.05, 0.1) is 19.1 Å². The number of carboxylic acids is 1. The van der Waals surface area contributed by atoms with Gasteiger partial charge in [0.15, 0.2) is 0 Å². The number of aliphatic hydroxyl groups is 1. The summed E-state index contributed by atoms with van der Waals surface area (Å²) in [6.07, 6.45) is -2.21. The van der Waals surface area contributed by atoms with Gasteiger partial charge >= 0.3 is 5.97 Å². The molecule has 0 radical (unpaired) electrons. The molecule has 2 unspecified atom stereocenters. The minimum absolute atomic E-state index is 0.188. The lowest BCUT2D eigenvalue weighted by molar-refractivity contribution is -0.147. The number of carboxylic acid groups (broad SMARTS) is 1. The number of rotatable bonds is 11. The quantitative estimate of drug-likeness (QED) is 0.282. The van der Waals surface area contributed by atoms with Gasteiger partial charge in [0.2, 0.25) is 0 Å². The molecule has 0 bridgehead atoms. The first-order chi connectivity index (χ1) is 16.2. The molecule has 34 heavy (non-hydrogen) atoms. The van der Waals surface area contributed by atoms with Gasteiger partial charge in [-0.15, -0.1) is 11.8 Å². The fourth-order valence-corrected chi connectivity index (χ4v) is 4.48. The molecule has 3 aromatic carbocycles. The molecule has 2 atom stereocenters. The van der Waals surface area contributed by atoms with E-state index in [1.807, 2.05) is 12.1 Å². The number of hydrogen-bond acceptors (Lipinski definition) is 4. The third-order valence-corrected chi connectivity index (χ3v) is 6.80.